The number of benzene rings is 2. The number of anilines is 2. The SMILES string of the molecule is CC(C)C(=O)N1CCCc2cc([C@@H](O)CN3CCN(c4ccc(F)cc4)CC3)ccc21. The summed E-state index contributed by atoms with van der Waals surface area (Å²) in [5.74, 6) is -0.0784. The molecule has 31 heavy (non-hydrogen) atoms. The highest BCUT2D eigenvalue weighted by molar-refractivity contribution is 5.95. The van der Waals surface area contributed by atoms with Gasteiger partial charge in [0, 0.05) is 56.6 Å². The van der Waals surface area contributed by atoms with Gasteiger partial charge in [-0.25, -0.2) is 4.39 Å². The lowest BCUT2D eigenvalue weighted by Crippen LogP contribution is -2.47. The predicted molar refractivity (Wildman–Crippen MR) is 122 cm³/mol. The highest BCUT2D eigenvalue weighted by Gasteiger charge is 2.26. The Balaban J connectivity index is 1.37. The molecule has 4 rings (SSSR count). The van der Waals surface area contributed by atoms with Gasteiger partial charge < -0.3 is 14.9 Å². The van der Waals surface area contributed by atoms with E-state index in [9.17, 15) is 14.3 Å². The van der Waals surface area contributed by atoms with E-state index in [1.807, 2.05) is 43.0 Å². The zero-order chi connectivity index (χ0) is 22.0. The van der Waals surface area contributed by atoms with Crippen LogP contribution in [0.1, 0.15) is 37.5 Å². The highest BCUT2D eigenvalue weighted by Crippen LogP contribution is 2.31. The van der Waals surface area contributed by atoms with Crippen LogP contribution in [0.25, 0.3) is 0 Å². The summed E-state index contributed by atoms with van der Waals surface area (Å²) in [7, 11) is 0. The number of aliphatic hydroxyl groups is 1. The van der Waals surface area contributed by atoms with Crippen molar-refractivity contribution in [2.45, 2.75) is 32.8 Å². The van der Waals surface area contributed by atoms with E-state index in [4.69, 9.17) is 0 Å². The average molecular weight is 426 g/mol. The van der Waals surface area contributed by atoms with E-state index in [1.165, 1.54) is 12.1 Å². The van der Waals surface area contributed by atoms with Crippen LogP contribution in [0.3, 0.4) is 0 Å². The zero-order valence-electron chi connectivity index (χ0n) is 18.4. The van der Waals surface area contributed by atoms with Gasteiger partial charge in [0.25, 0.3) is 0 Å². The molecule has 1 atom stereocenters. The molecule has 2 aromatic carbocycles. The van der Waals surface area contributed by atoms with Gasteiger partial charge in [-0.15, -0.1) is 0 Å². The fourth-order valence-corrected chi connectivity index (χ4v) is 4.56. The van der Waals surface area contributed by atoms with Crippen LogP contribution >= 0.6 is 0 Å². The normalized spacial score (nSPS) is 18.2. The quantitative estimate of drug-likeness (QED) is 0.795. The summed E-state index contributed by atoms with van der Waals surface area (Å²) in [5, 5.41) is 10.9. The Labute approximate surface area is 184 Å². The number of halogens is 1. The Hall–Kier alpha value is -2.44. The topological polar surface area (TPSA) is 47.0 Å². The van der Waals surface area contributed by atoms with Crippen molar-refractivity contribution < 1.29 is 14.3 Å². The molecule has 0 aliphatic carbocycles. The van der Waals surface area contributed by atoms with Crippen molar-refractivity contribution in [1.82, 2.24) is 4.90 Å². The van der Waals surface area contributed by atoms with Crippen molar-refractivity contribution in [3.05, 3.63) is 59.4 Å². The number of aliphatic hydroxyl groups excluding tert-OH is 1. The van der Waals surface area contributed by atoms with Crippen LogP contribution in [0.4, 0.5) is 15.8 Å². The van der Waals surface area contributed by atoms with Crippen LogP contribution in [-0.2, 0) is 11.2 Å². The first kappa shape index (κ1) is 21.8. The second kappa shape index (κ2) is 9.37. The number of hydrogen-bond donors (Lipinski definition) is 1. The van der Waals surface area contributed by atoms with Crippen LogP contribution < -0.4 is 9.80 Å². The van der Waals surface area contributed by atoms with E-state index in [-0.39, 0.29) is 17.6 Å². The Kier molecular flexibility index (Phi) is 6.58. The van der Waals surface area contributed by atoms with Crippen LogP contribution in [0.2, 0.25) is 0 Å². The van der Waals surface area contributed by atoms with Gasteiger partial charge in [-0.2, -0.15) is 0 Å². The van der Waals surface area contributed by atoms with Crippen molar-refractivity contribution in [3.63, 3.8) is 0 Å². The van der Waals surface area contributed by atoms with Crippen LogP contribution in [0.15, 0.2) is 42.5 Å². The maximum absolute atomic E-state index is 13.1. The lowest BCUT2D eigenvalue weighted by atomic mass is 9.96. The Morgan fingerprint density at radius 3 is 2.42 bits per heavy atom. The molecule has 5 nitrogen and oxygen atoms in total. The van der Waals surface area contributed by atoms with Gasteiger partial charge in [-0.3, -0.25) is 9.69 Å². The fraction of sp³-hybridized carbons (Fsp3) is 0.480. The van der Waals surface area contributed by atoms with Gasteiger partial charge in [0.15, 0.2) is 0 Å². The third-order valence-corrected chi connectivity index (χ3v) is 6.36. The summed E-state index contributed by atoms with van der Waals surface area (Å²) in [4.78, 5) is 19.0. The minimum atomic E-state index is -0.557. The number of carbonyl (C=O) groups excluding carboxylic acids is 1. The molecule has 0 bridgehead atoms. The van der Waals surface area contributed by atoms with E-state index in [2.05, 4.69) is 15.9 Å². The lowest BCUT2D eigenvalue weighted by molar-refractivity contribution is -0.121. The number of fused-ring (bicyclic) bond motifs is 1. The molecule has 0 radical (unpaired) electrons. The number of amides is 1. The van der Waals surface area contributed by atoms with Crippen molar-refractivity contribution in [3.8, 4) is 0 Å². The second-order valence-electron chi connectivity index (χ2n) is 8.92. The van der Waals surface area contributed by atoms with Gasteiger partial charge in [-0.05, 0) is 54.3 Å². The number of carbonyl (C=O) groups is 1. The third-order valence-electron chi connectivity index (χ3n) is 6.36. The Morgan fingerprint density at radius 1 is 1.03 bits per heavy atom. The summed E-state index contributed by atoms with van der Waals surface area (Å²) in [6, 6.07) is 12.7. The van der Waals surface area contributed by atoms with Crippen molar-refractivity contribution in [1.29, 1.82) is 0 Å². The number of aryl methyl sites for hydroxylation is 1. The standard InChI is InChI=1S/C25H32FN3O2/c1-18(2)25(31)29-11-3-4-19-16-20(5-10-23(19)29)24(30)17-27-12-14-28(15-13-27)22-8-6-21(26)7-9-22/h5-10,16,18,24,30H,3-4,11-15,17H2,1-2H3/t24-/m0/s1. The molecule has 166 valence electrons. The first-order valence-corrected chi connectivity index (χ1v) is 11.3. The molecule has 1 N–H and O–H groups in total. The van der Waals surface area contributed by atoms with Crippen LogP contribution in [0.5, 0.6) is 0 Å². The van der Waals surface area contributed by atoms with Gasteiger partial charge in [-0.1, -0.05) is 26.0 Å². The molecule has 2 aliphatic heterocycles. The van der Waals surface area contributed by atoms with Crippen molar-refractivity contribution in [2.75, 3.05) is 49.1 Å². The predicted octanol–water partition coefficient (Wildman–Crippen LogP) is 3.62. The largest absolute Gasteiger partial charge is 0.387 e. The van der Waals surface area contributed by atoms with E-state index < -0.39 is 6.10 Å². The number of nitrogens with zero attached hydrogens (tertiary/aromatic N) is 3. The maximum atomic E-state index is 13.1. The first-order chi connectivity index (χ1) is 14.9. The molecule has 6 heteroatoms. The van der Waals surface area contributed by atoms with Gasteiger partial charge >= 0.3 is 0 Å². The van der Waals surface area contributed by atoms with Crippen molar-refractivity contribution >= 4 is 17.3 Å². The second-order valence-corrected chi connectivity index (χ2v) is 8.92. The highest BCUT2D eigenvalue weighted by atomic mass is 19.1. The Bertz CT molecular complexity index is 907. The van der Waals surface area contributed by atoms with E-state index in [0.717, 1.165) is 68.1 Å². The summed E-state index contributed by atoms with van der Waals surface area (Å²) in [5.41, 5.74) is 4.10. The van der Waals surface area contributed by atoms with Gasteiger partial charge in [0.05, 0.1) is 6.10 Å². The summed E-state index contributed by atoms with van der Waals surface area (Å²) >= 11 is 0. The molecular formula is C25H32FN3O2. The first-order valence-electron chi connectivity index (χ1n) is 11.3. The van der Waals surface area contributed by atoms with E-state index >= 15 is 0 Å². The van der Waals surface area contributed by atoms with Gasteiger partial charge in [0.2, 0.25) is 5.91 Å². The summed E-state index contributed by atoms with van der Waals surface area (Å²) in [6.07, 6.45) is 1.34. The smallest absolute Gasteiger partial charge is 0.229 e. The Morgan fingerprint density at radius 2 is 1.74 bits per heavy atom. The van der Waals surface area contributed by atoms with Gasteiger partial charge in [0.1, 0.15) is 5.82 Å². The fourth-order valence-electron chi connectivity index (χ4n) is 4.56. The summed E-state index contributed by atoms with van der Waals surface area (Å²) < 4.78 is 13.1. The van der Waals surface area contributed by atoms with Crippen LogP contribution in [0, 0.1) is 11.7 Å². The van der Waals surface area contributed by atoms with E-state index in [0.29, 0.717) is 6.54 Å². The lowest BCUT2D eigenvalue weighted by Gasteiger charge is -2.37. The zero-order valence-corrected chi connectivity index (χ0v) is 18.4. The molecule has 1 saturated heterocycles. The molecule has 1 fully saturated rings. The molecular weight excluding hydrogens is 393 g/mol. The van der Waals surface area contributed by atoms with Crippen molar-refractivity contribution in [2.24, 2.45) is 5.92 Å². The van der Waals surface area contributed by atoms with E-state index in [1.54, 1.807) is 0 Å². The summed E-state index contributed by atoms with van der Waals surface area (Å²) in [6.45, 7) is 8.65. The monoisotopic (exact) mass is 425 g/mol. The molecule has 0 aromatic heterocycles. The number of piperazine rings is 1. The average Bonchev–Trinajstić information content (AvgIpc) is 2.78. The molecule has 2 aromatic rings. The molecule has 1 amide bonds. The number of hydrogen-bond acceptors (Lipinski definition) is 4. The third kappa shape index (κ3) is 4.91. The molecule has 0 unspecified atom stereocenters. The van der Waals surface area contributed by atoms with Crippen LogP contribution in [-0.4, -0.2) is 55.2 Å². The molecule has 0 saturated carbocycles. The molecule has 0 spiro atoms. The molecule has 2 aliphatic rings. The number of β-amino-alcohol motifs (C(OH)–C–C–N with tert-alkyl or cyclic N) is 1. The molecule has 2 heterocycles. The minimum Gasteiger partial charge on any atom is -0.387 e. The maximum Gasteiger partial charge on any atom is 0.229 e. The number of rotatable bonds is 5. The minimum absolute atomic E-state index is 0.0233.